The number of hydrogen-bond donors (Lipinski definition) is 1. The molecule has 1 unspecified atom stereocenters. The van der Waals surface area contributed by atoms with Crippen molar-refractivity contribution in [2.45, 2.75) is 51.7 Å². The molecular formula is C14H18N2O2. The van der Waals surface area contributed by atoms with E-state index in [4.69, 9.17) is 6.57 Å². The van der Waals surface area contributed by atoms with E-state index in [1.54, 1.807) is 10.8 Å². The molecule has 1 aromatic rings. The highest BCUT2D eigenvalue weighted by atomic mass is 16.3. The zero-order valence-electron chi connectivity index (χ0n) is 10.6. The molecule has 0 saturated heterocycles. The number of aryl methyl sites for hydroxylation is 1. The van der Waals surface area contributed by atoms with E-state index in [-0.39, 0.29) is 11.2 Å². The Morgan fingerprint density at radius 1 is 1.61 bits per heavy atom. The van der Waals surface area contributed by atoms with Gasteiger partial charge in [0.25, 0.3) is 11.2 Å². The zero-order valence-corrected chi connectivity index (χ0v) is 10.6. The van der Waals surface area contributed by atoms with Crippen LogP contribution in [0, 0.1) is 6.57 Å². The summed E-state index contributed by atoms with van der Waals surface area (Å²) >= 11 is 0. The van der Waals surface area contributed by atoms with Crippen molar-refractivity contribution >= 4 is 5.69 Å². The van der Waals surface area contributed by atoms with Gasteiger partial charge in [-0.15, -0.1) is 0 Å². The first-order valence-corrected chi connectivity index (χ1v) is 6.50. The Balaban J connectivity index is 2.55. The van der Waals surface area contributed by atoms with E-state index in [2.05, 4.69) is 11.8 Å². The summed E-state index contributed by atoms with van der Waals surface area (Å²) < 4.78 is 1.59. The number of aliphatic hydroxyl groups is 1. The van der Waals surface area contributed by atoms with Gasteiger partial charge in [-0.05, 0) is 36.8 Å². The first-order chi connectivity index (χ1) is 8.69. The average Bonchev–Trinajstić information content (AvgIpc) is 2.37. The molecule has 0 saturated carbocycles. The van der Waals surface area contributed by atoms with Crippen LogP contribution in [0.2, 0.25) is 0 Å². The van der Waals surface area contributed by atoms with Crippen LogP contribution in [0.5, 0.6) is 0 Å². The molecule has 1 aliphatic carbocycles. The van der Waals surface area contributed by atoms with Crippen molar-refractivity contribution in [3.05, 3.63) is 39.1 Å². The summed E-state index contributed by atoms with van der Waals surface area (Å²) in [6.45, 7) is 9.88. The van der Waals surface area contributed by atoms with Gasteiger partial charge in [-0.2, -0.15) is 0 Å². The lowest BCUT2D eigenvalue weighted by Gasteiger charge is -2.23. The third kappa shape index (κ3) is 2.19. The second-order valence-electron chi connectivity index (χ2n) is 4.78. The Labute approximate surface area is 107 Å². The van der Waals surface area contributed by atoms with E-state index >= 15 is 0 Å². The van der Waals surface area contributed by atoms with Gasteiger partial charge < -0.3 is 9.67 Å². The molecule has 1 aromatic heterocycles. The average molecular weight is 246 g/mol. The summed E-state index contributed by atoms with van der Waals surface area (Å²) in [6.07, 6.45) is 5.43. The molecule has 0 fully saturated rings. The maximum Gasteiger partial charge on any atom is 0.257 e. The third-order valence-corrected chi connectivity index (χ3v) is 3.52. The van der Waals surface area contributed by atoms with Gasteiger partial charge in [0.05, 0.1) is 12.7 Å². The number of nitrogens with zero attached hydrogens (tertiary/aromatic N) is 2. The lowest BCUT2D eigenvalue weighted by molar-refractivity contribution is 0.155. The molecule has 2 rings (SSSR count). The van der Waals surface area contributed by atoms with Crippen molar-refractivity contribution < 1.29 is 5.11 Å². The lowest BCUT2D eigenvalue weighted by Crippen LogP contribution is -2.24. The molecule has 0 bridgehead atoms. The van der Waals surface area contributed by atoms with Crippen LogP contribution in [-0.4, -0.2) is 9.67 Å². The normalized spacial score (nSPS) is 18.2. The highest BCUT2D eigenvalue weighted by molar-refractivity contribution is 5.55. The lowest BCUT2D eigenvalue weighted by atomic mass is 9.90. The Bertz CT molecular complexity index is 540. The van der Waals surface area contributed by atoms with Crippen LogP contribution in [0.25, 0.3) is 4.85 Å². The van der Waals surface area contributed by atoms with Gasteiger partial charge >= 0.3 is 0 Å². The highest BCUT2D eigenvalue weighted by Crippen LogP contribution is 2.33. The minimum atomic E-state index is -0.525. The van der Waals surface area contributed by atoms with Crippen LogP contribution >= 0.6 is 0 Å². The van der Waals surface area contributed by atoms with Gasteiger partial charge in [0.15, 0.2) is 0 Å². The second-order valence-corrected chi connectivity index (χ2v) is 4.78. The number of pyridine rings is 1. The second kappa shape index (κ2) is 5.36. The molecule has 1 N–H and O–H groups in total. The minimum absolute atomic E-state index is 0.202. The van der Waals surface area contributed by atoms with Crippen LogP contribution in [0.4, 0.5) is 5.69 Å². The fourth-order valence-electron chi connectivity index (χ4n) is 2.49. The molecule has 0 amide bonds. The molecule has 0 aliphatic heterocycles. The molecule has 0 aromatic carbocycles. The number of aliphatic hydroxyl groups excluding tert-OH is 1. The quantitative estimate of drug-likeness (QED) is 0.833. The van der Waals surface area contributed by atoms with Crippen molar-refractivity contribution in [3.8, 4) is 0 Å². The Morgan fingerprint density at radius 2 is 2.39 bits per heavy atom. The molecule has 1 heterocycles. The summed E-state index contributed by atoms with van der Waals surface area (Å²) in [5.41, 5.74) is 1.55. The zero-order chi connectivity index (χ0) is 13.1. The maximum atomic E-state index is 12.2. The topological polar surface area (TPSA) is 46.6 Å². The van der Waals surface area contributed by atoms with E-state index < -0.39 is 6.10 Å². The number of aromatic nitrogens is 1. The van der Waals surface area contributed by atoms with Crippen LogP contribution in [0.15, 0.2) is 11.0 Å². The van der Waals surface area contributed by atoms with Gasteiger partial charge in [0.2, 0.25) is 0 Å². The van der Waals surface area contributed by atoms with E-state index in [0.717, 1.165) is 43.2 Å². The van der Waals surface area contributed by atoms with Gasteiger partial charge in [0, 0.05) is 12.7 Å². The molecule has 1 atom stereocenters. The van der Waals surface area contributed by atoms with Crippen LogP contribution in [0.3, 0.4) is 0 Å². The standard InChI is InChI=1S/C14H18N2O2/c1-3-4-8-16-9-11-10(6-5-7-12(11)17)13(15-2)14(16)18/h9,12,17H,3-8H2,1H3. The van der Waals surface area contributed by atoms with E-state index in [1.165, 1.54) is 0 Å². The summed E-state index contributed by atoms with van der Waals surface area (Å²) in [6, 6.07) is 0. The van der Waals surface area contributed by atoms with Crippen molar-refractivity contribution in [3.63, 3.8) is 0 Å². The predicted molar refractivity (Wildman–Crippen MR) is 69.8 cm³/mol. The third-order valence-electron chi connectivity index (χ3n) is 3.52. The molecule has 96 valence electrons. The van der Waals surface area contributed by atoms with Crippen LogP contribution in [0.1, 0.15) is 49.8 Å². The first-order valence-electron chi connectivity index (χ1n) is 6.50. The van der Waals surface area contributed by atoms with Crippen LogP contribution < -0.4 is 5.56 Å². The van der Waals surface area contributed by atoms with E-state index in [1.807, 2.05) is 0 Å². The summed E-state index contributed by atoms with van der Waals surface area (Å²) in [4.78, 5) is 15.5. The Kier molecular flexibility index (Phi) is 3.83. The Hall–Kier alpha value is -1.60. The molecule has 4 heteroatoms. The van der Waals surface area contributed by atoms with E-state index in [9.17, 15) is 9.90 Å². The maximum absolute atomic E-state index is 12.2. The van der Waals surface area contributed by atoms with E-state index in [0.29, 0.717) is 6.54 Å². The number of fused-ring (bicyclic) bond motifs is 1. The smallest absolute Gasteiger partial charge is 0.257 e. The SMILES string of the molecule is [C-]#[N+]c1c2c(cn(CCCC)c1=O)C(O)CCC2. The molecule has 4 nitrogen and oxygen atoms in total. The van der Waals surface area contributed by atoms with Gasteiger partial charge in [0.1, 0.15) is 0 Å². The largest absolute Gasteiger partial charge is 0.388 e. The first kappa shape index (κ1) is 12.8. The molecule has 1 aliphatic rings. The Morgan fingerprint density at radius 3 is 3.06 bits per heavy atom. The predicted octanol–water partition coefficient (Wildman–Crippen LogP) is 2.57. The molecular weight excluding hydrogens is 228 g/mol. The summed E-state index contributed by atoms with van der Waals surface area (Å²) in [7, 11) is 0. The summed E-state index contributed by atoms with van der Waals surface area (Å²) in [5.74, 6) is 0. The monoisotopic (exact) mass is 246 g/mol. The molecule has 0 radical (unpaired) electrons. The highest BCUT2D eigenvalue weighted by Gasteiger charge is 2.23. The van der Waals surface area contributed by atoms with Gasteiger partial charge in [-0.25, -0.2) is 4.85 Å². The van der Waals surface area contributed by atoms with Gasteiger partial charge in [-0.3, -0.25) is 4.79 Å². The number of unbranched alkanes of at least 4 members (excludes halogenated alkanes) is 1. The van der Waals surface area contributed by atoms with Gasteiger partial charge in [-0.1, -0.05) is 13.3 Å². The van der Waals surface area contributed by atoms with Crippen molar-refractivity contribution in [1.29, 1.82) is 0 Å². The fraction of sp³-hybridized carbons (Fsp3) is 0.571. The van der Waals surface area contributed by atoms with Crippen molar-refractivity contribution in [2.24, 2.45) is 0 Å². The minimum Gasteiger partial charge on any atom is -0.388 e. The van der Waals surface area contributed by atoms with Crippen molar-refractivity contribution in [2.75, 3.05) is 0 Å². The van der Waals surface area contributed by atoms with Crippen molar-refractivity contribution in [1.82, 2.24) is 4.57 Å². The fourth-order valence-corrected chi connectivity index (χ4v) is 2.49. The number of rotatable bonds is 3. The summed E-state index contributed by atoms with van der Waals surface area (Å²) in [5, 5.41) is 10.0. The van der Waals surface area contributed by atoms with Crippen LogP contribution in [-0.2, 0) is 13.0 Å². The number of hydrogen-bond acceptors (Lipinski definition) is 2. The molecule has 18 heavy (non-hydrogen) atoms. The molecule has 0 spiro atoms.